The van der Waals surface area contributed by atoms with E-state index in [0.717, 1.165) is 0 Å². The van der Waals surface area contributed by atoms with E-state index >= 15 is 0 Å². The molecule has 0 fully saturated rings. The molecule has 0 aromatic carbocycles. The first-order valence-electron chi connectivity index (χ1n) is 6.61. The third-order valence-electron chi connectivity index (χ3n) is 2.61. The van der Waals surface area contributed by atoms with Gasteiger partial charge in [0.05, 0.1) is 6.54 Å². The summed E-state index contributed by atoms with van der Waals surface area (Å²) >= 11 is 0. The van der Waals surface area contributed by atoms with Crippen molar-refractivity contribution in [3.63, 3.8) is 0 Å². The van der Waals surface area contributed by atoms with Gasteiger partial charge in [0.2, 0.25) is 5.09 Å². The van der Waals surface area contributed by atoms with Gasteiger partial charge in [0.1, 0.15) is 5.76 Å². The van der Waals surface area contributed by atoms with E-state index in [1.807, 2.05) is 20.8 Å². The van der Waals surface area contributed by atoms with Gasteiger partial charge in [-0.25, -0.2) is 13.1 Å². The van der Waals surface area contributed by atoms with Crippen LogP contribution in [0.4, 0.5) is 0 Å². The van der Waals surface area contributed by atoms with Gasteiger partial charge in [-0.15, -0.1) is 0 Å². The molecule has 0 aliphatic carbocycles. The quantitative estimate of drug-likeness (QED) is 0.704. The van der Waals surface area contributed by atoms with Crippen LogP contribution in [0, 0.1) is 0 Å². The van der Waals surface area contributed by atoms with Crippen molar-refractivity contribution in [2.24, 2.45) is 0 Å². The predicted molar refractivity (Wildman–Crippen MR) is 76.8 cm³/mol. The highest BCUT2D eigenvalue weighted by molar-refractivity contribution is 7.89. The highest BCUT2D eigenvalue weighted by Crippen LogP contribution is 2.15. The van der Waals surface area contributed by atoms with E-state index in [1.165, 1.54) is 6.07 Å². The average molecular weight is 304 g/mol. The number of sulfonamides is 1. The Hall–Kier alpha value is -0.890. The summed E-state index contributed by atoms with van der Waals surface area (Å²) in [6, 6.07) is 2.74. The maximum Gasteiger partial charge on any atom is 0.274 e. The highest BCUT2D eigenvalue weighted by atomic mass is 32.2. The molecule has 1 unspecified atom stereocenters. The normalized spacial score (nSPS) is 14.4. The molecule has 6 nitrogen and oxygen atoms in total. The van der Waals surface area contributed by atoms with Crippen LogP contribution in [-0.2, 0) is 16.6 Å². The lowest BCUT2D eigenvalue weighted by Gasteiger charge is -2.19. The van der Waals surface area contributed by atoms with E-state index in [1.54, 1.807) is 13.0 Å². The number of furan rings is 1. The number of aliphatic hydroxyl groups is 1. The summed E-state index contributed by atoms with van der Waals surface area (Å²) in [5, 5.41) is 11.9. The minimum absolute atomic E-state index is 0.0669. The molecular formula is C13H24N2O4S. The number of nitrogens with one attached hydrogen (secondary N) is 2. The van der Waals surface area contributed by atoms with E-state index in [2.05, 4.69) is 10.0 Å². The standard InChI is InChI=1S/C13H24N2O4S/c1-10(7-8-16)15-20(17,18)12-6-5-11(19-12)9-14-13(2,3)4/h5-6,10,14-16H,7-9H2,1-4H3. The zero-order chi connectivity index (χ0) is 15.4. The second-order valence-electron chi connectivity index (χ2n) is 5.86. The monoisotopic (exact) mass is 304 g/mol. The molecule has 20 heavy (non-hydrogen) atoms. The lowest BCUT2D eigenvalue weighted by Crippen LogP contribution is -2.35. The van der Waals surface area contributed by atoms with Crippen LogP contribution in [0.5, 0.6) is 0 Å². The average Bonchev–Trinajstić information content (AvgIpc) is 2.74. The van der Waals surface area contributed by atoms with Gasteiger partial charge in [0, 0.05) is 18.2 Å². The zero-order valence-electron chi connectivity index (χ0n) is 12.4. The van der Waals surface area contributed by atoms with Crippen LogP contribution in [0.3, 0.4) is 0 Å². The van der Waals surface area contributed by atoms with Gasteiger partial charge in [-0.1, -0.05) is 0 Å². The molecule has 1 atom stereocenters. The van der Waals surface area contributed by atoms with Gasteiger partial charge in [-0.3, -0.25) is 0 Å². The second-order valence-corrected chi connectivity index (χ2v) is 7.50. The summed E-state index contributed by atoms with van der Waals surface area (Å²) in [5.41, 5.74) is -0.0697. The molecule has 7 heteroatoms. The maximum atomic E-state index is 12.0. The Labute approximate surface area is 120 Å². The molecule has 0 aliphatic heterocycles. The number of hydrogen-bond acceptors (Lipinski definition) is 5. The molecule has 0 saturated heterocycles. The Morgan fingerprint density at radius 3 is 2.55 bits per heavy atom. The topological polar surface area (TPSA) is 91.6 Å². The Kier molecular flexibility index (Phi) is 5.76. The van der Waals surface area contributed by atoms with E-state index in [9.17, 15) is 8.42 Å². The predicted octanol–water partition coefficient (Wildman–Crippen LogP) is 1.22. The van der Waals surface area contributed by atoms with Crippen LogP contribution < -0.4 is 10.0 Å². The fourth-order valence-electron chi connectivity index (χ4n) is 1.53. The molecule has 1 heterocycles. The number of hydrogen-bond donors (Lipinski definition) is 3. The van der Waals surface area contributed by atoms with Crippen molar-refractivity contribution in [3.8, 4) is 0 Å². The van der Waals surface area contributed by atoms with Crippen molar-refractivity contribution in [2.45, 2.75) is 57.3 Å². The van der Waals surface area contributed by atoms with Gasteiger partial charge in [-0.2, -0.15) is 0 Å². The van der Waals surface area contributed by atoms with Crippen LogP contribution >= 0.6 is 0 Å². The first-order valence-corrected chi connectivity index (χ1v) is 8.09. The Morgan fingerprint density at radius 2 is 2.00 bits per heavy atom. The summed E-state index contributed by atoms with van der Waals surface area (Å²) in [6.07, 6.45) is 0.359. The summed E-state index contributed by atoms with van der Waals surface area (Å²) in [4.78, 5) is 0. The van der Waals surface area contributed by atoms with Crippen LogP contribution in [0.25, 0.3) is 0 Å². The van der Waals surface area contributed by atoms with E-state index in [4.69, 9.17) is 9.52 Å². The van der Waals surface area contributed by atoms with Crippen molar-refractivity contribution in [1.82, 2.24) is 10.0 Å². The molecule has 0 saturated carbocycles. The first-order chi connectivity index (χ1) is 9.14. The van der Waals surface area contributed by atoms with E-state index < -0.39 is 10.0 Å². The smallest absolute Gasteiger partial charge is 0.274 e. The zero-order valence-corrected chi connectivity index (χ0v) is 13.3. The Morgan fingerprint density at radius 1 is 1.35 bits per heavy atom. The molecule has 0 bridgehead atoms. The molecule has 0 amide bonds. The van der Waals surface area contributed by atoms with Crippen molar-refractivity contribution >= 4 is 10.0 Å². The summed E-state index contributed by atoms with van der Waals surface area (Å²) in [5.74, 6) is 0.565. The van der Waals surface area contributed by atoms with E-state index in [-0.39, 0.29) is 23.3 Å². The van der Waals surface area contributed by atoms with Gasteiger partial charge in [0.25, 0.3) is 10.0 Å². The summed E-state index contributed by atoms with van der Waals surface area (Å²) < 4.78 is 31.9. The van der Waals surface area contributed by atoms with Crippen LogP contribution in [0.1, 0.15) is 39.9 Å². The molecule has 1 rings (SSSR count). The third kappa shape index (κ3) is 5.62. The molecule has 0 aliphatic rings. The molecular weight excluding hydrogens is 280 g/mol. The Balaban J connectivity index is 2.70. The van der Waals surface area contributed by atoms with Gasteiger partial charge in [-0.05, 0) is 46.2 Å². The van der Waals surface area contributed by atoms with Crippen LogP contribution in [0.15, 0.2) is 21.6 Å². The molecule has 116 valence electrons. The first kappa shape index (κ1) is 17.2. The van der Waals surface area contributed by atoms with Crippen LogP contribution in [0.2, 0.25) is 0 Å². The SMILES string of the molecule is CC(CCO)NS(=O)(=O)c1ccc(CNC(C)(C)C)o1. The van der Waals surface area contributed by atoms with Crippen molar-refractivity contribution in [1.29, 1.82) is 0 Å². The van der Waals surface area contributed by atoms with Crippen molar-refractivity contribution in [2.75, 3.05) is 6.61 Å². The lowest BCUT2D eigenvalue weighted by atomic mass is 10.1. The Bertz CT molecular complexity index is 517. The minimum atomic E-state index is -3.67. The molecule has 0 spiro atoms. The largest absolute Gasteiger partial charge is 0.447 e. The third-order valence-corrected chi connectivity index (χ3v) is 4.08. The van der Waals surface area contributed by atoms with Crippen molar-refractivity contribution < 1.29 is 17.9 Å². The number of aliphatic hydroxyl groups excluding tert-OH is 1. The van der Waals surface area contributed by atoms with Gasteiger partial charge < -0.3 is 14.8 Å². The molecule has 1 aromatic heterocycles. The maximum absolute atomic E-state index is 12.0. The lowest BCUT2D eigenvalue weighted by molar-refractivity contribution is 0.275. The summed E-state index contributed by atoms with van der Waals surface area (Å²) in [7, 11) is -3.67. The fourth-order valence-corrected chi connectivity index (χ4v) is 2.75. The number of rotatable bonds is 7. The molecule has 3 N–H and O–H groups in total. The van der Waals surface area contributed by atoms with Gasteiger partial charge >= 0.3 is 0 Å². The highest BCUT2D eigenvalue weighted by Gasteiger charge is 2.21. The van der Waals surface area contributed by atoms with Crippen molar-refractivity contribution in [3.05, 3.63) is 17.9 Å². The van der Waals surface area contributed by atoms with Crippen LogP contribution in [-0.4, -0.2) is 31.7 Å². The molecule has 0 radical (unpaired) electrons. The summed E-state index contributed by atoms with van der Waals surface area (Å²) in [6.45, 7) is 8.15. The van der Waals surface area contributed by atoms with E-state index in [0.29, 0.717) is 18.7 Å². The second kappa shape index (κ2) is 6.71. The molecule has 1 aromatic rings. The van der Waals surface area contributed by atoms with Gasteiger partial charge in [0.15, 0.2) is 0 Å². The minimum Gasteiger partial charge on any atom is -0.447 e. The fraction of sp³-hybridized carbons (Fsp3) is 0.692.